The molecule has 11 heteroatoms. The molecule has 1 aliphatic rings. The third-order valence-electron chi connectivity index (χ3n) is 4.00. The summed E-state index contributed by atoms with van der Waals surface area (Å²) in [7, 11) is -1.21. The van der Waals surface area contributed by atoms with Crippen molar-refractivity contribution in [3.63, 3.8) is 0 Å². The molecule has 1 saturated heterocycles. The summed E-state index contributed by atoms with van der Waals surface area (Å²) in [6.07, 6.45) is 5.22. The van der Waals surface area contributed by atoms with Gasteiger partial charge >= 0.3 is 0 Å². The predicted molar refractivity (Wildman–Crippen MR) is 88.9 cm³/mol. The Hall–Kier alpha value is -2.40. The average molecular weight is 365 g/mol. The smallest absolute Gasteiger partial charge is 0.234 e. The summed E-state index contributed by atoms with van der Waals surface area (Å²) in [5.74, 6) is 1.00. The molecule has 3 heterocycles. The molecule has 0 radical (unpaired) electrons. The Labute approximate surface area is 145 Å². The van der Waals surface area contributed by atoms with Crippen LogP contribution in [0.25, 0.3) is 11.5 Å². The summed E-state index contributed by atoms with van der Waals surface area (Å²) in [6.45, 7) is 0.328. The molecule has 0 aromatic carbocycles. The van der Waals surface area contributed by atoms with Gasteiger partial charge in [-0.15, -0.1) is 0 Å². The van der Waals surface area contributed by atoms with Crippen molar-refractivity contribution in [2.45, 2.75) is 19.0 Å². The van der Waals surface area contributed by atoms with Gasteiger partial charge in [0.1, 0.15) is 11.5 Å². The van der Waals surface area contributed by atoms with Gasteiger partial charge in [0.15, 0.2) is 9.84 Å². The van der Waals surface area contributed by atoms with E-state index in [4.69, 9.17) is 0 Å². The van der Waals surface area contributed by atoms with Crippen LogP contribution in [0.3, 0.4) is 0 Å². The largest absolute Gasteiger partial charge is 0.348 e. The van der Waals surface area contributed by atoms with Gasteiger partial charge in [-0.25, -0.2) is 18.4 Å². The second-order valence-electron chi connectivity index (χ2n) is 5.95. The molecule has 0 bridgehead atoms. The predicted octanol–water partition coefficient (Wildman–Crippen LogP) is -1.00. The highest BCUT2D eigenvalue weighted by molar-refractivity contribution is 7.91. The van der Waals surface area contributed by atoms with Crippen LogP contribution in [0.1, 0.15) is 12.2 Å². The first-order chi connectivity index (χ1) is 11.9. The van der Waals surface area contributed by atoms with Crippen molar-refractivity contribution in [3.05, 3.63) is 24.4 Å². The van der Waals surface area contributed by atoms with Gasteiger partial charge in [-0.3, -0.25) is 19.8 Å². The average Bonchev–Trinajstić information content (AvgIpc) is 3.20. The van der Waals surface area contributed by atoms with Gasteiger partial charge in [-0.1, -0.05) is 0 Å². The molecule has 0 aliphatic carbocycles. The van der Waals surface area contributed by atoms with E-state index >= 15 is 0 Å². The Morgan fingerprint density at radius 1 is 1.44 bits per heavy atom. The topological polar surface area (TPSA) is 134 Å². The van der Waals surface area contributed by atoms with E-state index in [1.54, 1.807) is 30.5 Å². The van der Waals surface area contributed by atoms with Crippen LogP contribution >= 0.6 is 0 Å². The monoisotopic (exact) mass is 365 g/mol. The van der Waals surface area contributed by atoms with E-state index in [1.807, 2.05) is 0 Å². The summed E-state index contributed by atoms with van der Waals surface area (Å²) < 4.78 is 23.0. The van der Waals surface area contributed by atoms with Gasteiger partial charge in [0.25, 0.3) is 0 Å². The number of hydrogen-bond donors (Lipinski definition) is 2. The van der Waals surface area contributed by atoms with Crippen LogP contribution in [0, 0.1) is 0 Å². The van der Waals surface area contributed by atoms with Crippen LogP contribution in [0.4, 0.5) is 0 Å². The highest BCUT2D eigenvalue weighted by atomic mass is 32.2. The van der Waals surface area contributed by atoms with E-state index in [2.05, 4.69) is 30.5 Å². The summed E-state index contributed by atoms with van der Waals surface area (Å²) in [4.78, 5) is 26.1. The van der Waals surface area contributed by atoms with Crippen molar-refractivity contribution < 1.29 is 13.2 Å². The minimum absolute atomic E-state index is 0.107. The van der Waals surface area contributed by atoms with Gasteiger partial charge in [-0.05, 0) is 13.5 Å². The molecular formula is C14H19N7O3S. The molecule has 2 aromatic rings. The zero-order valence-electron chi connectivity index (χ0n) is 13.7. The Balaban J connectivity index is 1.49. The lowest BCUT2D eigenvalue weighted by Gasteiger charge is -2.22. The first-order valence-corrected chi connectivity index (χ1v) is 9.60. The fraction of sp³-hybridized carbons (Fsp3) is 0.500. The lowest BCUT2D eigenvalue weighted by molar-refractivity contribution is -0.122. The van der Waals surface area contributed by atoms with Crippen LogP contribution in [0.2, 0.25) is 0 Å². The van der Waals surface area contributed by atoms with Crippen LogP contribution in [-0.2, 0) is 21.2 Å². The SMILES string of the molecule is CN(CC(=O)NCc1nc(-c2cnccn2)n[nH]1)[C@@H]1CCS(=O)(=O)C1. The number of hydrogen-bond acceptors (Lipinski definition) is 8. The molecule has 1 fully saturated rings. The number of likely N-dealkylation sites (N-methyl/N-ethyl adjacent to an activating group) is 1. The zero-order chi connectivity index (χ0) is 17.9. The minimum Gasteiger partial charge on any atom is -0.348 e. The number of nitrogens with zero attached hydrogens (tertiary/aromatic N) is 5. The van der Waals surface area contributed by atoms with E-state index in [-0.39, 0.29) is 36.5 Å². The maximum absolute atomic E-state index is 12.0. The Kier molecular flexibility index (Phi) is 5.04. The molecule has 2 N–H and O–H groups in total. The van der Waals surface area contributed by atoms with E-state index < -0.39 is 9.84 Å². The fourth-order valence-corrected chi connectivity index (χ4v) is 4.43. The van der Waals surface area contributed by atoms with Crippen LogP contribution < -0.4 is 5.32 Å². The highest BCUT2D eigenvalue weighted by Gasteiger charge is 2.31. The van der Waals surface area contributed by atoms with Gasteiger partial charge in [0, 0.05) is 18.4 Å². The number of rotatable bonds is 6. The second-order valence-corrected chi connectivity index (χ2v) is 8.17. The molecule has 1 aliphatic heterocycles. The van der Waals surface area contributed by atoms with Crippen LogP contribution in [-0.4, -0.2) is 75.5 Å². The molecular weight excluding hydrogens is 346 g/mol. The number of carbonyl (C=O) groups is 1. The maximum atomic E-state index is 12.0. The molecule has 0 unspecified atom stereocenters. The first kappa shape index (κ1) is 17.4. The van der Waals surface area contributed by atoms with Gasteiger partial charge in [0.05, 0.1) is 30.8 Å². The van der Waals surface area contributed by atoms with E-state index in [0.717, 1.165) is 0 Å². The van der Waals surface area contributed by atoms with Crippen molar-refractivity contribution >= 4 is 15.7 Å². The quantitative estimate of drug-likeness (QED) is 0.665. The molecule has 1 amide bonds. The van der Waals surface area contributed by atoms with Crippen LogP contribution in [0.15, 0.2) is 18.6 Å². The number of nitrogens with one attached hydrogen (secondary N) is 2. The standard InChI is InChI=1S/C14H19N7O3S/c1-21(10-2-5-25(23,24)9-10)8-13(22)17-7-12-18-14(20-19-12)11-6-15-3-4-16-11/h3-4,6,10H,2,5,7-9H2,1H3,(H,17,22)(H,18,19,20)/t10-/m1/s1. The molecule has 1 atom stereocenters. The van der Waals surface area contributed by atoms with E-state index in [0.29, 0.717) is 23.8 Å². The summed E-state index contributed by atoms with van der Waals surface area (Å²) in [5, 5.41) is 9.52. The van der Waals surface area contributed by atoms with E-state index in [9.17, 15) is 13.2 Å². The Morgan fingerprint density at radius 2 is 2.28 bits per heavy atom. The van der Waals surface area contributed by atoms with Crippen LogP contribution in [0.5, 0.6) is 0 Å². The second kappa shape index (κ2) is 7.23. The van der Waals surface area contributed by atoms with Crippen molar-refractivity contribution in [1.29, 1.82) is 0 Å². The van der Waals surface area contributed by atoms with Gasteiger partial charge < -0.3 is 5.32 Å². The van der Waals surface area contributed by atoms with Crippen molar-refractivity contribution in [2.75, 3.05) is 25.1 Å². The molecule has 0 spiro atoms. The highest BCUT2D eigenvalue weighted by Crippen LogP contribution is 2.16. The molecule has 3 rings (SSSR count). The van der Waals surface area contributed by atoms with Crippen molar-refractivity contribution in [3.8, 4) is 11.5 Å². The van der Waals surface area contributed by atoms with Gasteiger partial charge in [-0.2, -0.15) is 5.10 Å². The number of H-pyrrole nitrogens is 1. The van der Waals surface area contributed by atoms with E-state index in [1.165, 1.54) is 0 Å². The number of aromatic amines is 1. The minimum atomic E-state index is -2.96. The summed E-state index contributed by atoms with van der Waals surface area (Å²) >= 11 is 0. The van der Waals surface area contributed by atoms with Gasteiger partial charge in [0.2, 0.25) is 11.7 Å². The number of sulfone groups is 1. The lowest BCUT2D eigenvalue weighted by atomic mass is 10.2. The molecule has 0 saturated carbocycles. The molecule has 10 nitrogen and oxygen atoms in total. The number of amides is 1. The maximum Gasteiger partial charge on any atom is 0.234 e. The normalized spacial score (nSPS) is 19.2. The van der Waals surface area contributed by atoms with Crippen molar-refractivity contribution in [2.24, 2.45) is 0 Å². The first-order valence-electron chi connectivity index (χ1n) is 7.78. The zero-order valence-corrected chi connectivity index (χ0v) is 14.5. The summed E-state index contributed by atoms with van der Waals surface area (Å²) in [5.41, 5.74) is 0.540. The summed E-state index contributed by atoms with van der Waals surface area (Å²) in [6, 6.07) is -0.107. The third-order valence-corrected chi connectivity index (χ3v) is 5.75. The van der Waals surface area contributed by atoms with Crippen molar-refractivity contribution in [1.82, 2.24) is 35.4 Å². The lowest BCUT2D eigenvalue weighted by Crippen LogP contribution is -2.41. The number of aromatic nitrogens is 5. The Bertz CT molecular complexity index is 837. The Morgan fingerprint density at radius 3 is 2.96 bits per heavy atom. The number of carbonyl (C=O) groups excluding carboxylic acids is 1. The fourth-order valence-electron chi connectivity index (χ4n) is 2.62. The molecule has 2 aromatic heterocycles. The molecule has 25 heavy (non-hydrogen) atoms. The third kappa shape index (κ3) is 4.57. The molecule has 134 valence electrons.